The molecule has 2 aliphatic rings. The number of carboxylic acid groups (broad SMARTS) is 2. The number of nitrogens with two attached hydrogens (primary N) is 1. The largest absolute Gasteiger partial charge is 0.504 e. The number of carbonyl (C=O) groups is 6. The van der Waals surface area contributed by atoms with E-state index < -0.39 is 81.3 Å². The van der Waals surface area contributed by atoms with E-state index >= 15 is 0 Å². The molecule has 6 rings (SSSR count). The lowest BCUT2D eigenvalue weighted by Crippen LogP contribution is -2.71. The van der Waals surface area contributed by atoms with Crippen LogP contribution in [0.4, 0.5) is 5.13 Å². The van der Waals surface area contributed by atoms with Crippen LogP contribution < -0.4 is 21.9 Å². The van der Waals surface area contributed by atoms with E-state index in [4.69, 9.17) is 22.8 Å². The van der Waals surface area contributed by atoms with Crippen LogP contribution in [-0.2, 0) is 24.0 Å². The van der Waals surface area contributed by atoms with Crippen LogP contribution in [0.25, 0.3) is 5.78 Å². The summed E-state index contributed by atoms with van der Waals surface area (Å²) in [6.45, 7) is 4.08. The normalized spacial score (nSPS) is 16.8. The molecule has 1 fully saturated rings. The van der Waals surface area contributed by atoms with Crippen LogP contribution in [0.1, 0.15) is 51.9 Å². The van der Waals surface area contributed by atoms with Crippen molar-refractivity contribution >= 4 is 92.4 Å². The number of rotatable bonds is 11. The molecule has 25 heteroatoms. The first-order valence-corrected chi connectivity index (χ1v) is 18.1. The first kappa shape index (κ1) is 39.0. The second-order valence-corrected chi connectivity index (χ2v) is 14.7. The summed E-state index contributed by atoms with van der Waals surface area (Å²) >= 11 is 7.69. The molecule has 5 heterocycles. The number of phenolic OH excluding ortho intramolecular Hbond substituents is 2. The van der Waals surface area contributed by atoms with Crippen molar-refractivity contribution in [3.8, 4) is 11.5 Å². The highest BCUT2D eigenvalue weighted by Crippen LogP contribution is 2.41. The van der Waals surface area contributed by atoms with E-state index in [0.29, 0.717) is 5.69 Å². The molecule has 0 spiro atoms. The van der Waals surface area contributed by atoms with Crippen LogP contribution in [-0.4, -0.2) is 119 Å². The van der Waals surface area contributed by atoms with E-state index in [1.54, 1.807) is 6.92 Å². The second-order valence-electron chi connectivity index (χ2n) is 12.3. The maximum atomic E-state index is 13.7. The molecule has 0 aliphatic carbocycles. The zero-order valence-corrected chi connectivity index (χ0v) is 31.3. The van der Waals surface area contributed by atoms with Gasteiger partial charge < -0.3 is 36.3 Å². The number of nitrogen functional groups attached to an aromatic ring is 1. The quantitative estimate of drug-likeness (QED) is 0.0240. The van der Waals surface area contributed by atoms with Gasteiger partial charge >= 0.3 is 11.9 Å². The number of thiocarbonyl (C=S) groups is 1. The maximum absolute atomic E-state index is 13.7. The zero-order valence-electron chi connectivity index (χ0n) is 28.8. The Kier molecular flexibility index (Phi) is 10.3. The van der Waals surface area contributed by atoms with Crippen molar-refractivity contribution in [2.24, 2.45) is 5.16 Å². The first-order chi connectivity index (χ1) is 26.4. The van der Waals surface area contributed by atoms with Crippen molar-refractivity contribution in [2.45, 2.75) is 37.8 Å². The van der Waals surface area contributed by atoms with Crippen LogP contribution in [0.5, 0.6) is 11.5 Å². The summed E-state index contributed by atoms with van der Waals surface area (Å²) in [5.41, 5.74) is 7.20. The third-order valence-electron chi connectivity index (χ3n) is 8.04. The minimum atomic E-state index is -1.88. The molecule has 1 saturated heterocycles. The van der Waals surface area contributed by atoms with Gasteiger partial charge in [-0.05, 0) is 39.0 Å². The molecule has 0 bridgehead atoms. The topological polar surface area (TPSA) is 326 Å². The zero-order chi connectivity index (χ0) is 40.8. The molecule has 0 radical (unpaired) electrons. The van der Waals surface area contributed by atoms with Gasteiger partial charge in [-0.15, -0.1) is 28.2 Å². The van der Waals surface area contributed by atoms with Crippen molar-refractivity contribution in [3.05, 3.63) is 69.4 Å². The number of phenols is 2. The van der Waals surface area contributed by atoms with Gasteiger partial charge in [0.1, 0.15) is 22.8 Å². The minimum absolute atomic E-state index is 0.0376. The Balaban J connectivity index is 1.20. The smallest absolute Gasteiger partial charge is 0.375 e. The highest BCUT2D eigenvalue weighted by molar-refractivity contribution is 8.00. The molecule has 9 N–H and O–H groups in total. The summed E-state index contributed by atoms with van der Waals surface area (Å²) in [6.07, 6.45) is 0. The maximum Gasteiger partial charge on any atom is 0.375 e. The van der Waals surface area contributed by atoms with E-state index in [0.717, 1.165) is 38.6 Å². The van der Waals surface area contributed by atoms with Gasteiger partial charge in [0.15, 0.2) is 22.3 Å². The number of hydrogen-bond acceptors (Lipinski definition) is 18. The number of carbonyl (C=O) groups excluding carboxylic acids is 4. The summed E-state index contributed by atoms with van der Waals surface area (Å²) in [7, 11) is 0. The Morgan fingerprint density at radius 3 is 2.48 bits per heavy atom. The lowest BCUT2D eigenvalue weighted by Gasteiger charge is -2.49. The molecule has 1 unspecified atom stereocenters. The van der Waals surface area contributed by atoms with Crippen molar-refractivity contribution in [1.29, 1.82) is 0 Å². The fourth-order valence-corrected chi connectivity index (χ4v) is 7.55. The Morgan fingerprint density at radius 2 is 1.82 bits per heavy atom. The van der Waals surface area contributed by atoms with Crippen LogP contribution in [0.2, 0.25) is 0 Å². The van der Waals surface area contributed by atoms with Gasteiger partial charge in [-0.1, -0.05) is 23.4 Å². The van der Waals surface area contributed by atoms with Gasteiger partial charge in [0, 0.05) is 22.4 Å². The summed E-state index contributed by atoms with van der Waals surface area (Å²) < 4.78 is 1.07. The highest BCUT2D eigenvalue weighted by Gasteiger charge is 2.55. The molecule has 1 aromatic carbocycles. The summed E-state index contributed by atoms with van der Waals surface area (Å²) in [5, 5.41) is 50.0. The van der Waals surface area contributed by atoms with E-state index in [1.807, 2.05) is 0 Å². The van der Waals surface area contributed by atoms with E-state index in [-0.39, 0.29) is 44.1 Å². The number of benzene rings is 1. The number of nitrogens with one attached hydrogen (secondary N) is 3. The summed E-state index contributed by atoms with van der Waals surface area (Å²) in [6, 6.07) is 3.83. The van der Waals surface area contributed by atoms with Crippen molar-refractivity contribution in [3.63, 3.8) is 0 Å². The number of para-hydroxylation sites is 1. The predicted octanol–water partition coefficient (Wildman–Crippen LogP) is -0.302. The van der Waals surface area contributed by atoms with Crippen molar-refractivity contribution < 1.29 is 54.0 Å². The molecule has 3 aromatic heterocycles. The Hall–Kier alpha value is -6.73. The number of aryl methyl sites for hydroxylation is 1. The highest BCUT2D eigenvalue weighted by atomic mass is 32.2. The molecular formula is C31H27N11O11S3. The molecule has 0 saturated carbocycles. The van der Waals surface area contributed by atoms with E-state index in [1.165, 1.54) is 37.4 Å². The number of hydrogen-bond donors (Lipinski definition) is 8. The molecular weight excluding hydrogens is 799 g/mol. The Labute approximate surface area is 326 Å². The molecule has 56 heavy (non-hydrogen) atoms. The Morgan fingerprint density at radius 1 is 1.09 bits per heavy atom. The van der Waals surface area contributed by atoms with Gasteiger partial charge in [0.05, 0.1) is 16.1 Å². The number of aromatic hydroxyl groups is 2. The van der Waals surface area contributed by atoms with Crippen LogP contribution in [0.3, 0.4) is 0 Å². The molecule has 2 aliphatic heterocycles. The van der Waals surface area contributed by atoms with E-state index in [9.17, 15) is 49.2 Å². The number of fused-ring (bicyclic) bond motifs is 2. The number of oxime groups is 1. The number of thioether (sulfide) groups is 1. The average molecular weight is 826 g/mol. The van der Waals surface area contributed by atoms with E-state index in [2.05, 4.69) is 41.4 Å². The van der Waals surface area contributed by atoms with Gasteiger partial charge in [-0.2, -0.15) is 9.50 Å². The van der Waals surface area contributed by atoms with Crippen LogP contribution in [0.15, 0.2) is 46.1 Å². The summed E-state index contributed by atoms with van der Waals surface area (Å²) in [5.74, 6) is -8.68. The molecule has 2 atom stereocenters. The van der Waals surface area contributed by atoms with Gasteiger partial charge in [-0.3, -0.25) is 34.9 Å². The number of hydrazine groups is 1. The number of carboxylic acids is 2. The predicted molar refractivity (Wildman–Crippen MR) is 197 cm³/mol. The van der Waals surface area contributed by atoms with Gasteiger partial charge in [0.25, 0.3) is 35.2 Å². The number of thiazole rings is 1. The molecule has 290 valence electrons. The number of aliphatic carboxylic acids is 1. The fourth-order valence-electron chi connectivity index (χ4n) is 5.24. The lowest BCUT2D eigenvalue weighted by atomic mass is 10.00. The standard InChI is InChI=1S/C31H27N11O11S3/c1-10-7-14(42-30(33-10)36-21(39-42)27(50)51)20(54)12-8-55-25-17(24(47)41(25)18(12)26(48)49)35-23(46)16(13-9-56-29(32)34-13)40-53-31(2,3)28(52)38-37-22(45)11-5-4-6-15(43)19(11)44/h4-7,9,17,25,43-44H,8H2,1-3H3,(H2,32,34)(H,35,46)(H,37,45)(H,38,52)(H,48,49)(H,50,51)/t17?,25-/m0/s1. The third kappa shape index (κ3) is 7.23. The SMILES string of the molecule is Cc1cc(C(=S)C2=C(C(=O)O)N3C(=O)C(NC(=O)C(=NOC(C)(C)C(=O)NNC(=O)c4cccc(O)c4O)c4csc(N)n4)[C@@H]3SC2)n2nc(C(=O)O)nc2n1. The third-order valence-corrected chi connectivity index (χ3v) is 10.4. The number of anilines is 1. The Bertz CT molecular complexity index is 2460. The van der Waals surface area contributed by atoms with Crippen molar-refractivity contribution in [2.75, 3.05) is 11.5 Å². The number of β-lactam (4-membered cyclic amide) rings is 1. The van der Waals surface area contributed by atoms with Crippen LogP contribution >= 0.6 is 35.3 Å². The molecule has 4 amide bonds. The van der Waals surface area contributed by atoms with Gasteiger partial charge in [0.2, 0.25) is 5.60 Å². The minimum Gasteiger partial charge on any atom is -0.504 e. The molecule has 4 aromatic rings. The fraction of sp³-hybridized carbons (Fsp3) is 0.226. The summed E-state index contributed by atoms with van der Waals surface area (Å²) in [4.78, 5) is 95.2. The number of nitrogens with zero attached hydrogens (tertiary/aromatic N) is 7. The first-order valence-electron chi connectivity index (χ1n) is 15.7. The van der Waals surface area contributed by atoms with Crippen molar-refractivity contribution in [1.82, 2.24) is 45.6 Å². The number of aromatic nitrogens is 5. The number of amides is 4. The number of aromatic carboxylic acids is 1. The average Bonchev–Trinajstić information content (AvgIpc) is 3.78. The monoisotopic (exact) mass is 825 g/mol. The molecule has 22 nitrogen and oxygen atoms in total. The van der Waals surface area contributed by atoms with Crippen LogP contribution in [0, 0.1) is 6.92 Å². The van der Waals surface area contributed by atoms with Gasteiger partial charge in [-0.25, -0.2) is 19.6 Å². The lowest BCUT2D eigenvalue weighted by molar-refractivity contribution is -0.150. The second kappa shape index (κ2) is 14.8.